The molecule has 0 aliphatic heterocycles. The Labute approximate surface area is 317 Å². The zero-order chi connectivity index (χ0) is 36.3. The van der Waals surface area contributed by atoms with Crippen LogP contribution < -0.4 is 0 Å². The van der Waals surface area contributed by atoms with Gasteiger partial charge in [0.2, 0.25) is 0 Å². The summed E-state index contributed by atoms with van der Waals surface area (Å²) in [7, 11) is 0. The van der Waals surface area contributed by atoms with E-state index >= 15 is 0 Å². The van der Waals surface area contributed by atoms with E-state index < -0.39 is 0 Å². The molecular formula is C51H32N4. The van der Waals surface area contributed by atoms with Crippen molar-refractivity contribution in [2.45, 2.75) is 0 Å². The minimum absolute atomic E-state index is 0.626. The summed E-state index contributed by atoms with van der Waals surface area (Å²) >= 11 is 0. The summed E-state index contributed by atoms with van der Waals surface area (Å²) < 4.78 is 2.39. The Morgan fingerprint density at radius 3 is 1.31 bits per heavy atom. The Bertz CT molecular complexity index is 3160. The molecule has 0 N–H and O–H groups in total. The molecule has 0 fully saturated rings. The van der Waals surface area contributed by atoms with Crippen LogP contribution in [0.1, 0.15) is 0 Å². The number of rotatable bonds is 5. The molecule has 11 rings (SSSR count). The van der Waals surface area contributed by atoms with Gasteiger partial charge in [0.25, 0.3) is 0 Å². The van der Waals surface area contributed by atoms with Gasteiger partial charge in [0.05, 0.1) is 11.0 Å². The lowest BCUT2D eigenvalue weighted by Crippen LogP contribution is -2.01. The van der Waals surface area contributed by atoms with Gasteiger partial charge in [0.1, 0.15) is 0 Å². The van der Waals surface area contributed by atoms with Crippen molar-refractivity contribution in [2.75, 3.05) is 0 Å². The minimum atomic E-state index is 0.626. The minimum Gasteiger partial charge on any atom is -0.309 e. The maximum atomic E-state index is 5.14. The van der Waals surface area contributed by atoms with Crippen molar-refractivity contribution >= 4 is 54.1 Å². The molecule has 4 nitrogen and oxygen atoms in total. The van der Waals surface area contributed by atoms with Crippen LogP contribution in [-0.2, 0) is 0 Å². The number of hydrogen-bond acceptors (Lipinski definition) is 3. The molecule has 4 heteroatoms. The molecule has 55 heavy (non-hydrogen) atoms. The lowest BCUT2D eigenvalue weighted by Gasteiger charge is -2.12. The zero-order valence-electron chi connectivity index (χ0n) is 29.8. The van der Waals surface area contributed by atoms with Crippen molar-refractivity contribution in [2.24, 2.45) is 0 Å². The fraction of sp³-hybridized carbons (Fsp3) is 0. The average molecular weight is 701 g/mol. The van der Waals surface area contributed by atoms with Crippen LogP contribution in [-0.4, -0.2) is 19.5 Å². The number of hydrogen-bond donors (Lipinski definition) is 0. The predicted octanol–water partition coefficient (Wildman–Crippen LogP) is 13.1. The first-order valence-corrected chi connectivity index (χ1v) is 18.6. The van der Waals surface area contributed by atoms with Crippen molar-refractivity contribution in [1.29, 1.82) is 0 Å². The molecule has 0 radical (unpaired) electrons. The second-order valence-corrected chi connectivity index (χ2v) is 14.1. The van der Waals surface area contributed by atoms with Crippen LogP contribution in [0.15, 0.2) is 194 Å². The number of benzene rings is 9. The molecule has 0 aliphatic rings. The quantitative estimate of drug-likeness (QED) is 0.179. The maximum absolute atomic E-state index is 5.14. The van der Waals surface area contributed by atoms with E-state index in [1.807, 2.05) is 18.2 Å². The molecule has 2 heterocycles. The lowest BCUT2D eigenvalue weighted by atomic mass is 10.00. The van der Waals surface area contributed by atoms with Gasteiger partial charge < -0.3 is 4.57 Å². The summed E-state index contributed by atoms with van der Waals surface area (Å²) in [5.41, 5.74) is 8.48. The highest BCUT2D eigenvalue weighted by Crippen LogP contribution is 2.38. The topological polar surface area (TPSA) is 43.6 Å². The van der Waals surface area contributed by atoms with E-state index in [0.717, 1.165) is 39.0 Å². The summed E-state index contributed by atoms with van der Waals surface area (Å²) in [5.74, 6) is 1.90. The highest BCUT2D eigenvalue weighted by molar-refractivity contribution is 6.16. The Kier molecular flexibility index (Phi) is 7.14. The van der Waals surface area contributed by atoms with Crippen LogP contribution in [0.4, 0.5) is 0 Å². The third-order valence-electron chi connectivity index (χ3n) is 10.8. The Morgan fingerprint density at radius 2 is 0.709 bits per heavy atom. The first-order chi connectivity index (χ1) is 27.2. The summed E-state index contributed by atoms with van der Waals surface area (Å²) in [6, 6.07) is 68.8. The summed E-state index contributed by atoms with van der Waals surface area (Å²) in [5, 5.41) is 9.79. The Hall–Kier alpha value is -7.43. The van der Waals surface area contributed by atoms with Gasteiger partial charge in [-0.1, -0.05) is 152 Å². The monoisotopic (exact) mass is 700 g/mol. The molecular weight excluding hydrogens is 669 g/mol. The second kappa shape index (κ2) is 12.6. The number of aromatic nitrogens is 4. The van der Waals surface area contributed by atoms with E-state index in [1.54, 1.807) is 0 Å². The van der Waals surface area contributed by atoms with Gasteiger partial charge in [-0.2, -0.15) is 0 Å². The van der Waals surface area contributed by atoms with E-state index in [-0.39, 0.29) is 0 Å². The Balaban J connectivity index is 1.07. The normalized spacial score (nSPS) is 11.6. The Morgan fingerprint density at radius 1 is 0.273 bits per heavy atom. The van der Waals surface area contributed by atoms with Gasteiger partial charge in [-0.05, 0) is 85.9 Å². The molecule has 0 saturated heterocycles. The third kappa shape index (κ3) is 5.43. The third-order valence-corrected chi connectivity index (χ3v) is 10.8. The lowest BCUT2D eigenvalue weighted by molar-refractivity contribution is 1.07. The highest BCUT2D eigenvalue weighted by Gasteiger charge is 2.17. The van der Waals surface area contributed by atoms with E-state index in [9.17, 15) is 0 Å². The number of fused-ring (bicyclic) bond motifs is 6. The molecule has 0 saturated carbocycles. The van der Waals surface area contributed by atoms with Crippen LogP contribution in [0.2, 0.25) is 0 Å². The smallest absolute Gasteiger partial charge is 0.164 e. The van der Waals surface area contributed by atoms with Crippen LogP contribution >= 0.6 is 0 Å². The molecule has 0 aliphatic carbocycles. The summed E-state index contributed by atoms with van der Waals surface area (Å²) in [4.78, 5) is 15.3. The molecule has 9 aromatic carbocycles. The van der Waals surface area contributed by atoms with E-state index in [4.69, 9.17) is 15.0 Å². The molecule has 11 aromatic rings. The van der Waals surface area contributed by atoms with Crippen molar-refractivity contribution in [3.63, 3.8) is 0 Å². The zero-order valence-corrected chi connectivity index (χ0v) is 29.8. The number of nitrogens with zero attached hydrogens (tertiary/aromatic N) is 4. The van der Waals surface area contributed by atoms with Crippen LogP contribution in [0.3, 0.4) is 0 Å². The molecule has 0 bridgehead atoms. The largest absolute Gasteiger partial charge is 0.309 e. The predicted molar refractivity (Wildman–Crippen MR) is 228 cm³/mol. The molecule has 0 unspecified atom stereocenters. The fourth-order valence-electron chi connectivity index (χ4n) is 7.98. The molecule has 0 atom stereocenters. The molecule has 256 valence electrons. The van der Waals surface area contributed by atoms with Crippen LogP contribution in [0.25, 0.3) is 105 Å². The van der Waals surface area contributed by atoms with Gasteiger partial charge in [-0.25, -0.2) is 15.0 Å². The van der Waals surface area contributed by atoms with Crippen molar-refractivity contribution in [3.8, 4) is 51.0 Å². The van der Waals surface area contributed by atoms with Gasteiger partial charge >= 0.3 is 0 Å². The highest BCUT2D eigenvalue weighted by atomic mass is 15.0. The first-order valence-electron chi connectivity index (χ1n) is 18.6. The standard InChI is InChI=1S/C51H32N4/c1-2-12-35(13-3-1)49-52-50(36-24-21-34(22-25-36)42-26-23-33-11-4-5-14-37(33)27-42)54-51(53-49)43-19-10-20-44(28-43)55-47-31-40-17-8-6-15-38(40)29-45(47)46-30-39-16-7-9-18-41(39)32-48(46)55/h1-32H. The SMILES string of the molecule is c1ccc(-c2nc(-c3ccc(-c4ccc5ccccc5c4)cc3)nc(-c3cccc(-n4c5cc6ccccc6cc5c5cc6ccccc6cc54)c3)n2)cc1. The summed E-state index contributed by atoms with van der Waals surface area (Å²) in [6.45, 7) is 0. The van der Waals surface area contributed by atoms with Crippen LogP contribution in [0, 0.1) is 0 Å². The maximum Gasteiger partial charge on any atom is 0.164 e. The molecule has 0 spiro atoms. The van der Waals surface area contributed by atoms with E-state index in [0.29, 0.717) is 17.5 Å². The second-order valence-electron chi connectivity index (χ2n) is 14.1. The average Bonchev–Trinajstić information content (AvgIpc) is 3.56. The van der Waals surface area contributed by atoms with Gasteiger partial charge in [0, 0.05) is 33.2 Å². The van der Waals surface area contributed by atoms with E-state index in [2.05, 4.69) is 180 Å². The fourth-order valence-corrected chi connectivity index (χ4v) is 7.98. The summed E-state index contributed by atoms with van der Waals surface area (Å²) in [6.07, 6.45) is 0. The van der Waals surface area contributed by atoms with Crippen molar-refractivity contribution < 1.29 is 0 Å². The van der Waals surface area contributed by atoms with E-state index in [1.165, 1.54) is 48.7 Å². The molecule has 0 amide bonds. The van der Waals surface area contributed by atoms with Gasteiger partial charge in [-0.3, -0.25) is 0 Å². The van der Waals surface area contributed by atoms with Gasteiger partial charge in [-0.15, -0.1) is 0 Å². The molecule has 2 aromatic heterocycles. The van der Waals surface area contributed by atoms with Crippen molar-refractivity contribution in [1.82, 2.24) is 19.5 Å². The van der Waals surface area contributed by atoms with Crippen molar-refractivity contribution in [3.05, 3.63) is 194 Å². The first kappa shape index (κ1) is 31.1. The van der Waals surface area contributed by atoms with Gasteiger partial charge in [0.15, 0.2) is 17.5 Å². The van der Waals surface area contributed by atoms with Crippen LogP contribution in [0.5, 0.6) is 0 Å².